The molecule has 1 aromatic heterocycles. The molecule has 1 heterocycles. The van der Waals surface area contributed by atoms with Crippen LogP contribution in [0.2, 0.25) is 0 Å². The normalized spacial score (nSPS) is 10.7. The average molecular weight is 533 g/mol. The molecule has 0 spiro atoms. The van der Waals surface area contributed by atoms with Gasteiger partial charge < -0.3 is 19.7 Å². The zero-order valence-electron chi connectivity index (χ0n) is 20.9. The fraction of sp³-hybridized carbons (Fsp3) is 0.214. The second-order valence-corrected chi connectivity index (χ2v) is 9.19. The summed E-state index contributed by atoms with van der Waals surface area (Å²) in [6, 6.07) is 23.5. The summed E-state index contributed by atoms with van der Waals surface area (Å²) in [5, 5.41) is 16.7. The van der Waals surface area contributed by atoms with E-state index < -0.39 is 4.92 Å². The number of non-ortho nitro benzene ring substituents is 1. The van der Waals surface area contributed by atoms with E-state index in [0.717, 1.165) is 16.4 Å². The highest BCUT2D eigenvalue weighted by atomic mass is 32.1. The first-order valence-electron chi connectivity index (χ1n) is 12.0. The highest BCUT2D eigenvalue weighted by molar-refractivity contribution is 7.14. The molecule has 4 rings (SSSR count). The lowest BCUT2D eigenvalue weighted by Crippen LogP contribution is -2.28. The fourth-order valence-corrected chi connectivity index (χ4v) is 4.57. The van der Waals surface area contributed by atoms with Crippen LogP contribution in [0.5, 0.6) is 5.75 Å². The van der Waals surface area contributed by atoms with Gasteiger partial charge in [-0.15, -0.1) is 11.3 Å². The minimum atomic E-state index is -0.411. The number of carbonyl (C=O) groups is 1. The molecule has 0 unspecified atom stereocenters. The SMILES string of the molecule is COCCNC(=O)c1ccc(CN(CCOc2ccccc2)c2nc(-c3cccc([N+](=O)[O-])c3)cs2)cc1. The van der Waals surface area contributed by atoms with Crippen LogP contribution >= 0.6 is 11.3 Å². The Kier molecular flexibility index (Phi) is 9.38. The number of para-hydroxylation sites is 1. The van der Waals surface area contributed by atoms with Crippen LogP contribution in [0.1, 0.15) is 15.9 Å². The Morgan fingerprint density at radius 2 is 1.84 bits per heavy atom. The van der Waals surface area contributed by atoms with Gasteiger partial charge in [0.25, 0.3) is 11.6 Å². The van der Waals surface area contributed by atoms with Crippen molar-refractivity contribution in [1.29, 1.82) is 0 Å². The lowest BCUT2D eigenvalue weighted by Gasteiger charge is -2.22. The van der Waals surface area contributed by atoms with Crippen molar-refractivity contribution in [2.45, 2.75) is 6.54 Å². The molecule has 0 bridgehead atoms. The molecule has 1 N–H and O–H groups in total. The molecular formula is C28H28N4O5S. The summed E-state index contributed by atoms with van der Waals surface area (Å²) in [6.45, 7) is 2.45. The highest BCUT2D eigenvalue weighted by Gasteiger charge is 2.16. The first-order chi connectivity index (χ1) is 18.5. The quantitative estimate of drug-likeness (QED) is 0.144. The minimum Gasteiger partial charge on any atom is -0.492 e. The maximum absolute atomic E-state index is 12.3. The number of thiazole rings is 1. The van der Waals surface area contributed by atoms with Crippen molar-refractivity contribution in [3.8, 4) is 17.0 Å². The van der Waals surface area contributed by atoms with E-state index in [-0.39, 0.29) is 11.6 Å². The summed E-state index contributed by atoms with van der Waals surface area (Å²) in [7, 11) is 1.59. The first-order valence-corrected chi connectivity index (χ1v) is 12.9. The van der Waals surface area contributed by atoms with Crippen molar-refractivity contribution in [2.75, 3.05) is 38.3 Å². The van der Waals surface area contributed by atoms with Crippen molar-refractivity contribution in [3.63, 3.8) is 0 Å². The van der Waals surface area contributed by atoms with Gasteiger partial charge in [0.1, 0.15) is 12.4 Å². The van der Waals surface area contributed by atoms with E-state index in [9.17, 15) is 14.9 Å². The van der Waals surface area contributed by atoms with Gasteiger partial charge >= 0.3 is 0 Å². The second-order valence-electron chi connectivity index (χ2n) is 8.35. The first kappa shape index (κ1) is 26.8. The summed E-state index contributed by atoms with van der Waals surface area (Å²) in [4.78, 5) is 30.0. The van der Waals surface area contributed by atoms with Gasteiger partial charge in [0.15, 0.2) is 5.13 Å². The summed E-state index contributed by atoms with van der Waals surface area (Å²) in [5.74, 6) is 0.635. The molecule has 0 fully saturated rings. The van der Waals surface area contributed by atoms with Crippen LogP contribution < -0.4 is 15.0 Å². The number of nitrogens with zero attached hydrogens (tertiary/aromatic N) is 3. The summed E-state index contributed by atoms with van der Waals surface area (Å²) >= 11 is 1.46. The number of benzene rings is 3. The minimum absolute atomic E-state index is 0.0245. The zero-order chi connectivity index (χ0) is 26.7. The molecular weight excluding hydrogens is 504 g/mol. The van der Waals surface area contributed by atoms with Gasteiger partial charge in [0.2, 0.25) is 0 Å². The number of methoxy groups -OCH3 is 1. The predicted octanol–water partition coefficient (Wildman–Crippen LogP) is 5.18. The number of nitrogens with one attached hydrogen (secondary N) is 1. The summed E-state index contributed by atoms with van der Waals surface area (Å²) in [6.07, 6.45) is 0. The fourth-order valence-electron chi connectivity index (χ4n) is 3.70. The molecule has 38 heavy (non-hydrogen) atoms. The maximum Gasteiger partial charge on any atom is 0.270 e. The van der Waals surface area contributed by atoms with E-state index in [1.807, 2.05) is 53.9 Å². The van der Waals surface area contributed by atoms with Crippen molar-refractivity contribution in [2.24, 2.45) is 0 Å². The second kappa shape index (κ2) is 13.3. The average Bonchev–Trinajstić information content (AvgIpc) is 3.44. The molecule has 0 saturated heterocycles. The van der Waals surface area contributed by atoms with Crippen LogP contribution in [0, 0.1) is 10.1 Å². The van der Waals surface area contributed by atoms with Crippen LogP contribution in [0.25, 0.3) is 11.3 Å². The Balaban J connectivity index is 1.50. The van der Waals surface area contributed by atoms with Crippen LogP contribution in [0.15, 0.2) is 84.2 Å². The van der Waals surface area contributed by atoms with Crippen LogP contribution in [-0.4, -0.2) is 49.2 Å². The van der Waals surface area contributed by atoms with Gasteiger partial charge in [0, 0.05) is 48.8 Å². The van der Waals surface area contributed by atoms with E-state index in [1.54, 1.807) is 25.3 Å². The van der Waals surface area contributed by atoms with Crippen LogP contribution in [0.4, 0.5) is 10.8 Å². The van der Waals surface area contributed by atoms with Gasteiger partial charge in [0.05, 0.1) is 23.8 Å². The summed E-state index contributed by atoms with van der Waals surface area (Å²) < 4.78 is 10.9. The molecule has 9 nitrogen and oxygen atoms in total. The lowest BCUT2D eigenvalue weighted by molar-refractivity contribution is -0.384. The maximum atomic E-state index is 12.3. The van der Waals surface area contributed by atoms with Crippen molar-refractivity contribution >= 4 is 28.1 Å². The third kappa shape index (κ3) is 7.37. The Morgan fingerprint density at radius 3 is 2.58 bits per heavy atom. The van der Waals surface area contributed by atoms with E-state index in [4.69, 9.17) is 14.5 Å². The number of hydrogen-bond acceptors (Lipinski definition) is 8. The van der Waals surface area contributed by atoms with Gasteiger partial charge in [-0.2, -0.15) is 0 Å². The number of hydrogen-bond donors (Lipinski definition) is 1. The molecule has 0 aliphatic heterocycles. The predicted molar refractivity (Wildman–Crippen MR) is 148 cm³/mol. The van der Waals surface area contributed by atoms with Crippen molar-refractivity contribution in [3.05, 3.63) is 105 Å². The number of nitro groups is 1. The third-order valence-electron chi connectivity index (χ3n) is 5.67. The van der Waals surface area contributed by atoms with E-state index in [1.165, 1.54) is 23.5 Å². The third-order valence-corrected chi connectivity index (χ3v) is 6.57. The molecule has 0 saturated carbocycles. The smallest absolute Gasteiger partial charge is 0.270 e. The number of amides is 1. The molecule has 0 radical (unpaired) electrons. The van der Waals surface area contributed by atoms with Gasteiger partial charge in [-0.1, -0.05) is 42.5 Å². The Hall–Kier alpha value is -4.28. The highest BCUT2D eigenvalue weighted by Crippen LogP contribution is 2.30. The zero-order valence-corrected chi connectivity index (χ0v) is 21.7. The topological polar surface area (TPSA) is 107 Å². The number of nitro benzene ring substituents is 1. The van der Waals surface area contributed by atoms with Crippen molar-refractivity contribution < 1.29 is 19.2 Å². The molecule has 0 atom stereocenters. The largest absolute Gasteiger partial charge is 0.492 e. The van der Waals surface area contributed by atoms with Crippen molar-refractivity contribution in [1.82, 2.24) is 10.3 Å². The van der Waals surface area contributed by atoms with Gasteiger partial charge in [-0.05, 0) is 29.8 Å². The number of ether oxygens (including phenoxy) is 2. The molecule has 4 aromatic rings. The monoisotopic (exact) mass is 532 g/mol. The molecule has 196 valence electrons. The number of aromatic nitrogens is 1. The van der Waals surface area contributed by atoms with Gasteiger partial charge in [-0.25, -0.2) is 4.98 Å². The standard InChI is InChI=1S/C28H28N4O5S/c1-36-16-14-29-27(33)22-12-10-21(11-13-22)19-31(15-17-37-25-8-3-2-4-9-25)28-30-26(20-38-28)23-6-5-7-24(18-23)32(34)35/h2-13,18,20H,14-17,19H2,1H3,(H,29,33). The Bertz CT molecular complexity index is 1340. The van der Waals surface area contributed by atoms with Crippen LogP contribution in [0.3, 0.4) is 0 Å². The van der Waals surface area contributed by atoms with E-state index in [0.29, 0.717) is 49.7 Å². The Morgan fingerprint density at radius 1 is 1.05 bits per heavy atom. The molecule has 10 heteroatoms. The Labute approximate surface area is 224 Å². The molecule has 1 amide bonds. The van der Waals surface area contributed by atoms with Gasteiger partial charge in [-0.3, -0.25) is 14.9 Å². The van der Waals surface area contributed by atoms with Crippen LogP contribution in [-0.2, 0) is 11.3 Å². The molecule has 3 aromatic carbocycles. The lowest BCUT2D eigenvalue weighted by atomic mass is 10.1. The van der Waals surface area contributed by atoms with E-state index >= 15 is 0 Å². The molecule has 0 aliphatic rings. The number of anilines is 1. The van der Waals surface area contributed by atoms with E-state index in [2.05, 4.69) is 10.2 Å². The summed E-state index contributed by atoms with van der Waals surface area (Å²) in [5.41, 5.74) is 2.96. The molecule has 0 aliphatic carbocycles. The number of rotatable bonds is 13. The number of carbonyl (C=O) groups excluding carboxylic acids is 1.